The maximum absolute atomic E-state index is 5.69. The van der Waals surface area contributed by atoms with E-state index in [9.17, 15) is 0 Å². The number of nitrogens with one attached hydrogen (secondary N) is 1. The fraction of sp³-hybridized carbons (Fsp3) is 0.500. The molecule has 1 aliphatic rings. The molecule has 1 atom stereocenters. The van der Waals surface area contributed by atoms with Crippen molar-refractivity contribution in [3.8, 4) is 11.5 Å². The molecule has 3 heterocycles. The molecule has 0 aromatic carbocycles. The topological polar surface area (TPSA) is 43.0 Å². The van der Waals surface area contributed by atoms with Crippen LogP contribution in [0.3, 0.4) is 0 Å². The first-order valence-electron chi connectivity index (χ1n) is 6.50. The number of nitrogens with zero attached hydrogens (tertiary/aromatic N) is 2. The summed E-state index contributed by atoms with van der Waals surface area (Å²) in [5.74, 6) is 1.79. The Balaban J connectivity index is 2.04. The maximum Gasteiger partial charge on any atom is 0.154 e. The molecule has 2 aromatic heterocycles. The number of rotatable bonds is 2. The highest BCUT2D eigenvalue weighted by Crippen LogP contribution is 2.32. The van der Waals surface area contributed by atoms with Gasteiger partial charge in [0.05, 0.1) is 5.69 Å². The first-order chi connectivity index (χ1) is 8.66. The van der Waals surface area contributed by atoms with E-state index < -0.39 is 0 Å². The van der Waals surface area contributed by atoms with Gasteiger partial charge in [0, 0.05) is 18.7 Å². The second-order valence-corrected chi connectivity index (χ2v) is 5.04. The highest BCUT2D eigenvalue weighted by atomic mass is 16.3. The predicted octanol–water partition coefficient (Wildman–Crippen LogP) is 2.72. The molecule has 4 heteroatoms. The molecule has 1 fully saturated rings. The van der Waals surface area contributed by atoms with Crippen LogP contribution in [0.15, 0.2) is 16.5 Å². The summed E-state index contributed by atoms with van der Waals surface area (Å²) >= 11 is 0. The number of aromatic nitrogens is 2. The van der Waals surface area contributed by atoms with Crippen molar-refractivity contribution >= 4 is 0 Å². The average molecular weight is 245 g/mol. The summed E-state index contributed by atoms with van der Waals surface area (Å²) in [6.45, 7) is 5.20. The molecule has 18 heavy (non-hydrogen) atoms. The summed E-state index contributed by atoms with van der Waals surface area (Å²) in [4.78, 5) is 0. The van der Waals surface area contributed by atoms with Crippen LogP contribution in [-0.2, 0) is 7.05 Å². The zero-order valence-corrected chi connectivity index (χ0v) is 11.2. The SMILES string of the molecule is Cc1ccc(-c2nn(C)c(C3CCCN3)c2C)o1. The Kier molecular flexibility index (Phi) is 2.74. The fourth-order valence-electron chi connectivity index (χ4n) is 2.84. The van der Waals surface area contributed by atoms with Crippen LogP contribution in [0, 0.1) is 13.8 Å². The molecule has 1 N–H and O–H groups in total. The van der Waals surface area contributed by atoms with Gasteiger partial charge in [-0.05, 0) is 45.4 Å². The summed E-state index contributed by atoms with van der Waals surface area (Å²) in [7, 11) is 2.02. The zero-order valence-electron chi connectivity index (χ0n) is 11.2. The van der Waals surface area contributed by atoms with Crippen molar-refractivity contribution in [2.75, 3.05) is 6.54 Å². The highest BCUT2D eigenvalue weighted by molar-refractivity contribution is 5.58. The second-order valence-electron chi connectivity index (χ2n) is 5.04. The van der Waals surface area contributed by atoms with E-state index in [2.05, 4.69) is 17.3 Å². The minimum Gasteiger partial charge on any atom is -0.460 e. The molecule has 2 aromatic rings. The molecule has 0 bridgehead atoms. The Morgan fingerprint density at radius 2 is 2.22 bits per heavy atom. The number of furan rings is 1. The standard InChI is InChI=1S/C14H19N3O/c1-9-6-7-12(18-9)13-10(2)14(17(3)16-13)11-5-4-8-15-11/h6-7,11,15H,4-5,8H2,1-3H3. The van der Waals surface area contributed by atoms with E-state index in [0.717, 1.165) is 23.8 Å². The van der Waals surface area contributed by atoms with Gasteiger partial charge in [0.1, 0.15) is 11.5 Å². The highest BCUT2D eigenvalue weighted by Gasteiger charge is 2.25. The van der Waals surface area contributed by atoms with E-state index in [0.29, 0.717) is 6.04 Å². The van der Waals surface area contributed by atoms with Crippen molar-refractivity contribution in [1.29, 1.82) is 0 Å². The van der Waals surface area contributed by atoms with Gasteiger partial charge in [-0.2, -0.15) is 5.10 Å². The first-order valence-corrected chi connectivity index (χ1v) is 6.50. The van der Waals surface area contributed by atoms with Gasteiger partial charge in [0.15, 0.2) is 5.76 Å². The van der Waals surface area contributed by atoms with Crippen molar-refractivity contribution in [2.24, 2.45) is 7.05 Å². The average Bonchev–Trinajstić information content (AvgIpc) is 3.01. The van der Waals surface area contributed by atoms with E-state index in [1.807, 2.05) is 30.8 Å². The summed E-state index contributed by atoms with van der Waals surface area (Å²) in [6, 6.07) is 4.42. The maximum atomic E-state index is 5.69. The number of hydrogen-bond donors (Lipinski definition) is 1. The predicted molar refractivity (Wildman–Crippen MR) is 70.4 cm³/mol. The Bertz CT molecular complexity index is 562. The molecule has 0 saturated carbocycles. The van der Waals surface area contributed by atoms with Crippen LogP contribution in [0.4, 0.5) is 0 Å². The quantitative estimate of drug-likeness (QED) is 0.884. The monoisotopic (exact) mass is 245 g/mol. The van der Waals surface area contributed by atoms with Crippen LogP contribution in [0.1, 0.15) is 35.9 Å². The van der Waals surface area contributed by atoms with Gasteiger partial charge in [0.25, 0.3) is 0 Å². The number of hydrogen-bond acceptors (Lipinski definition) is 3. The molecule has 1 saturated heterocycles. The van der Waals surface area contributed by atoms with Gasteiger partial charge in [-0.1, -0.05) is 0 Å². The number of aryl methyl sites for hydroxylation is 2. The van der Waals surface area contributed by atoms with Crippen molar-refractivity contribution < 1.29 is 4.42 Å². The molecular formula is C14H19N3O. The lowest BCUT2D eigenvalue weighted by Gasteiger charge is -2.11. The lowest BCUT2D eigenvalue weighted by molar-refractivity contribution is 0.543. The summed E-state index contributed by atoms with van der Waals surface area (Å²) in [5.41, 5.74) is 3.48. The van der Waals surface area contributed by atoms with E-state index in [4.69, 9.17) is 4.42 Å². The van der Waals surface area contributed by atoms with E-state index in [1.165, 1.54) is 24.1 Å². The second kappa shape index (κ2) is 4.28. The Morgan fingerprint density at radius 3 is 2.83 bits per heavy atom. The van der Waals surface area contributed by atoms with Crippen molar-refractivity contribution in [3.05, 3.63) is 29.2 Å². The largest absolute Gasteiger partial charge is 0.460 e. The third kappa shape index (κ3) is 1.77. The molecule has 0 radical (unpaired) electrons. The fourth-order valence-corrected chi connectivity index (χ4v) is 2.84. The van der Waals surface area contributed by atoms with Crippen LogP contribution in [0.5, 0.6) is 0 Å². The Labute approximate surface area is 107 Å². The zero-order chi connectivity index (χ0) is 12.7. The Morgan fingerprint density at radius 1 is 1.39 bits per heavy atom. The molecular weight excluding hydrogens is 226 g/mol. The smallest absolute Gasteiger partial charge is 0.154 e. The van der Waals surface area contributed by atoms with Gasteiger partial charge in [-0.25, -0.2) is 0 Å². The van der Waals surface area contributed by atoms with Gasteiger partial charge < -0.3 is 9.73 Å². The summed E-state index contributed by atoms with van der Waals surface area (Å²) in [6.07, 6.45) is 2.43. The van der Waals surface area contributed by atoms with Crippen LogP contribution < -0.4 is 5.32 Å². The molecule has 1 unspecified atom stereocenters. The molecule has 0 amide bonds. The summed E-state index contributed by atoms with van der Waals surface area (Å²) in [5, 5.41) is 8.15. The third-order valence-electron chi connectivity index (χ3n) is 3.70. The van der Waals surface area contributed by atoms with Crippen molar-refractivity contribution in [2.45, 2.75) is 32.7 Å². The molecule has 4 nitrogen and oxygen atoms in total. The van der Waals surface area contributed by atoms with Gasteiger partial charge in [0.2, 0.25) is 0 Å². The lowest BCUT2D eigenvalue weighted by Crippen LogP contribution is -2.17. The molecule has 96 valence electrons. The van der Waals surface area contributed by atoms with Gasteiger partial charge in [-0.15, -0.1) is 0 Å². The molecule has 0 aliphatic carbocycles. The normalized spacial score (nSPS) is 19.6. The van der Waals surface area contributed by atoms with E-state index in [1.54, 1.807) is 0 Å². The van der Waals surface area contributed by atoms with Crippen LogP contribution in [-0.4, -0.2) is 16.3 Å². The Hall–Kier alpha value is -1.55. The first kappa shape index (κ1) is 11.5. The van der Waals surface area contributed by atoms with Crippen molar-refractivity contribution in [1.82, 2.24) is 15.1 Å². The van der Waals surface area contributed by atoms with Gasteiger partial charge >= 0.3 is 0 Å². The van der Waals surface area contributed by atoms with Crippen LogP contribution in [0.25, 0.3) is 11.5 Å². The van der Waals surface area contributed by atoms with E-state index >= 15 is 0 Å². The molecule has 0 spiro atoms. The molecule has 1 aliphatic heterocycles. The van der Waals surface area contributed by atoms with Gasteiger partial charge in [-0.3, -0.25) is 4.68 Å². The van der Waals surface area contributed by atoms with E-state index in [-0.39, 0.29) is 0 Å². The van der Waals surface area contributed by atoms with Crippen LogP contribution in [0.2, 0.25) is 0 Å². The van der Waals surface area contributed by atoms with Crippen molar-refractivity contribution in [3.63, 3.8) is 0 Å². The summed E-state index contributed by atoms with van der Waals surface area (Å²) < 4.78 is 7.68. The van der Waals surface area contributed by atoms with Crippen LogP contribution >= 0.6 is 0 Å². The minimum atomic E-state index is 0.437. The minimum absolute atomic E-state index is 0.437. The lowest BCUT2D eigenvalue weighted by atomic mass is 10.1. The third-order valence-corrected chi connectivity index (χ3v) is 3.70. The molecule has 3 rings (SSSR count).